The fourth-order valence-corrected chi connectivity index (χ4v) is 3.35. The second-order valence-electron chi connectivity index (χ2n) is 7.18. The topological polar surface area (TPSA) is 70.1 Å². The predicted molar refractivity (Wildman–Crippen MR) is 102 cm³/mol. The molecule has 0 aliphatic carbocycles. The summed E-state index contributed by atoms with van der Waals surface area (Å²) in [7, 11) is 1.67. The van der Waals surface area contributed by atoms with Crippen molar-refractivity contribution in [3.8, 4) is 5.75 Å². The first kappa shape index (κ1) is 18.3. The summed E-state index contributed by atoms with van der Waals surface area (Å²) in [6, 6.07) is 4.56. The molecule has 1 aromatic carbocycles. The first-order valence-electron chi connectivity index (χ1n) is 8.75. The van der Waals surface area contributed by atoms with Crippen molar-refractivity contribution in [2.24, 2.45) is 18.7 Å². The van der Waals surface area contributed by atoms with Gasteiger partial charge in [-0.3, -0.25) is 9.78 Å². The Balaban J connectivity index is 2.10. The molecule has 0 radical (unpaired) electrons. The van der Waals surface area contributed by atoms with Crippen LogP contribution in [-0.4, -0.2) is 22.2 Å². The highest BCUT2D eigenvalue weighted by Gasteiger charge is 2.16. The van der Waals surface area contributed by atoms with Crippen LogP contribution in [0.5, 0.6) is 5.75 Å². The number of aryl methyl sites for hydroxylation is 2. The second kappa shape index (κ2) is 7.03. The average Bonchev–Trinajstić information content (AvgIpc) is 2.57. The summed E-state index contributed by atoms with van der Waals surface area (Å²) in [5.74, 6) is 0.0829. The van der Waals surface area contributed by atoms with E-state index >= 15 is 0 Å². The quantitative estimate of drug-likeness (QED) is 0.712. The molecule has 2 N–H and O–H groups in total. The van der Waals surface area contributed by atoms with E-state index in [1.54, 1.807) is 32.3 Å². The average molecular weight is 357 g/mol. The van der Waals surface area contributed by atoms with E-state index in [-0.39, 0.29) is 24.0 Å². The molecule has 3 rings (SSSR count). The monoisotopic (exact) mass is 357 g/mol. The summed E-state index contributed by atoms with van der Waals surface area (Å²) in [5.41, 5.74) is 7.10. The van der Waals surface area contributed by atoms with E-state index in [0.29, 0.717) is 33.3 Å². The van der Waals surface area contributed by atoms with Gasteiger partial charge in [-0.05, 0) is 36.8 Å². The van der Waals surface area contributed by atoms with E-state index < -0.39 is 5.82 Å². The Morgan fingerprint density at radius 3 is 2.73 bits per heavy atom. The van der Waals surface area contributed by atoms with Gasteiger partial charge < -0.3 is 15.0 Å². The molecule has 5 nitrogen and oxygen atoms in total. The number of benzene rings is 1. The number of ether oxygens (including phenoxy) is 1. The van der Waals surface area contributed by atoms with Crippen LogP contribution >= 0.6 is 0 Å². The Hall–Kier alpha value is -2.47. The van der Waals surface area contributed by atoms with Crippen LogP contribution in [-0.2, 0) is 7.05 Å². The summed E-state index contributed by atoms with van der Waals surface area (Å²) in [4.78, 5) is 16.9. The molecule has 0 fully saturated rings. The van der Waals surface area contributed by atoms with Crippen molar-refractivity contribution in [3.63, 3.8) is 0 Å². The number of hydrogen-bond donors (Lipinski definition) is 1. The highest BCUT2D eigenvalue weighted by molar-refractivity contribution is 6.06. The maximum absolute atomic E-state index is 14.6. The molecule has 0 amide bonds. The molecule has 26 heavy (non-hydrogen) atoms. The number of aromatic nitrogens is 2. The van der Waals surface area contributed by atoms with Crippen molar-refractivity contribution in [1.29, 1.82) is 0 Å². The normalized spacial score (nSPS) is 12.9. The van der Waals surface area contributed by atoms with Crippen molar-refractivity contribution < 1.29 is 9.13 Å². The van der Waals surface area contributed by atoms with E-state index in [1.165, 1.54) is 10.6 Å². The molecule has 2 aromatic heterocycles. The van der Waals surface area contributed by atoms with Gasteiger partial charge in [0.25, 0.3) is 5.56 Å². The number of pyridine rings is 2. The highest BCUT2D eigenvalue weighted by Crippen LogP contribution is 2.29. The fourth-order valence-electron chi connectivity index (χ4n) is 3.35. The summed E-state index contributed by atoms with van der Waals surface area (Å²) < 4.78 is 21.7. The Morgan fingerprint density at radius 2 is 2.04 bits per heavy atom. The molecule has 2 heterocycles. The molecule has 1 atom stereocenters. The minimum atomic E-state index is -0.469. The van der Waals surface area contributed by atoms with E-state index in [4.69, 9.17) is 10.5 Å². The van der Waals surface area contributed by atoms with Crippen LogP contribution in [0.1, 0.15) is 26.0 Å². The van der Waals surface area contributed by atoms with Gasteiger partial charge in [-0.25, -0.2) is 4.39 Å². The zero-order chi connectivity index (χ0) is 19.0. The van der Waals surface area contributed by atoms with Crippen LogP contribution in [0.2, 0.25) is 0 Å². The number of hydrogen-bond acceptors (Lipinski definition) is 4. The molecule has 1 unspecified atom stereocenters. The lowest BCUT2D eigenvalue weighted by Gasteiger charge is -2.17. The van der Waals surface area contributed by atoms with Crippen LogP contribution in [0, 0.1) is 18.7 Å². The summed E-state index contributed by atoms with van der Waals surface area (Å²) in [5, 5.41) is 1.86. The standard InChI is InChI=1S/C20H24FN3O2/c1-11(2)7-13(22)10-26-18-9-17-15(8-16(18)21)14-5-6-23-12(3)19(14)20(25)24(17)4/h5-6,8-9,11,13H,7,10,22H2,1-4H3. The SMILES string of the molecule is Cc1nccc2c1c(=O)n(C)c1cc(OCC(N)CC(C)C)c(F)cc21. The Morgan fingerprint density at radius 1 is 1.31 bits per heavy atom. The van der Waals surface area contributed by atoms with Crippen LogP contribution in [0.15, 0.2) is 29.2 Å². The van der Waals surface area contributed by atoms with E-state index in [1.807, 2.05) is 0 Å². The predicted octanol–water partition coefficient (Wildman–Crippen LogP) is 3.29. The fraction of sp³-hybridized carbons (Fsp3) is 0.400. The lowest BCUT2D eigenvalue weighted by molar-refractivity contribution is 0.260. The van der Waals surface area contributed by atoms with Gasteiger partial charge in [-0.1, -0.05) is 13.8 Å². The summed E-state index contributed by atoms with van der Waals surface area (Å²) >= 11 is 0. The number of fused-ring (bicyclic) bond motifs is 3. The lowest BCUT2D eigenvalue weighted by atomic mass is 10.0. The third-order valence-electron chi connectivity index (χ3n) is 4.59. The van der Waals surface area contributed by atoms with Crippen LogP contribution in [0.25, 0.3) is 21.7 Å². The third-order valence-corrected chi connectivity index (χ3v) is 4.59. The van der Waals surface area contributed by atoms with Crippen molar-refractivity contribution in [3.05, 3.63) is 46.3 Å². The molecule has 138 valence electrons. The van der Waals surface area contributed by atoms with Gasteiger partial charge in [-0.15, -0.1) is 0 Å². The first-order valence-corrected chi connectivity index (χ1v) is 8.75. The zero-order valence-electron chi connectivity index (χ0n) is 15.5. The smallest absolute Gasteiger partial charge is 0.260 e. The van der Waals surface area contributed by atoms with Crippen molar-refractivity contribution >= 4 is 21.7 Å². The molecule has 0 aliphatic heterocycles. The number of nitrogens with zero attached hydrogens (tertiary/aromatic N) is 2. The van der Waals surface area contributed by atoms with Crippen molar-refractivity contribution in [1.82, 2.24) is 9.55 Å². The molecule has 0 saturated carbocycles. The Kier molecular flexibility index (Phi) is 4.96. The van der Waals surface area contributed by atoms with Gasteiger partial charge in [0, 0.05) is 30.7 Å². The highest BCUT2D eigenvalue weighted by atomic mass is 19.1. The molecule has 6 heteroatoms. The van der Waals surface area contributed by atoms with E-state index in [9.17, 15) is 9.18 Å². The van der Waals surface area contributed by atoms with Gasteiger partial charge in [-0.2, -0.15) is 0 Å². The molecular weight excluding hydrogens is 333 g/mol. The van der Waals surface area contributed by atoms with Crippen LogP contribution in [0.3, 0.4) is 0 Å². The zero-order valence-corrected chi connectivity index (χ0v) is 15.5. The molecule has 0 aliphatic rings. The van der Waals surface area contributed by atoms with E-state index in [0.717, 1.165) is 6.42 Å². The second-order valence-corrected chi connectivity index (χ2v) is 7.18. The van der Waals surface area contributed by atoms with E-state index in [2.05, 4.69) is 18.8 Å². The lowest BCUT2D eigenvalue weighted by Crippen LogP contribution is -2.29. The van der Waals surface area contributed by atoms with Gasteiger partial charge in [0.05, 0.1) is 16.6 Å². The minimum absolute atomic E-state index is 0.108. The van der Waals surface area contributed by atoms with Crippen LogP contribution < -0.4 is 16.0 Å². The molecule has 3 aromatic rings. The first-order chi connectivity index (χ1) is 12.3. The largest absolute Gasteiger partial charge is 0.489 e. The van der Waals surface area contributed by atoms with Gasteiger partial charge in [0.15, 0.2) is 11.6 Å². The third kappa shape index (κ3) is 3.29. The Bertz CT molecular complexity index is 1030. The molecular formula is C20H24FN3O2. The molecule has 0 saturated heterocycles. The molecule has 0 spiro atoms. The number of rotatable bonds is 5. The maximum Gasteiger partial charge on any atom is 0.260 e. The summed E-state index contributed by atoms with van der Waals surface area (Å²) in [6.45, 7) is 6.16. The minimum Gasteiger partial charge on any atom is -0.489 e. The van der Waals surface area contributed by atoms with Gasteiger partial charge in [0.1, 0.15) is 6.61 Å². The maximum atomic E-state index is 14.6. The Labute approximate surface area is 151 Å². The summed E-state index contributed by atoms with van der Waals surface area (Å²) in [6.07, 6.45) is 2.42. The van der Waals surface area contributed by atoms with Crippen molar-refractivity contribution in [2.75, 3.05) is 6.61 Å². The van der Waals surface area contributed by atoms with Gasteiger partial charge >= 0.3 is 0 Å². The number of nitrogens with two attached hydrogens (primary N) is 1. The number of halogens is 1. The van der Waals surface area contributed by atoms with Crippen molar-refractivity contribution in [2.45, 2.75) is 33.2 Å². The van der Waals surface area contributed by atoms with Gasteiger partial charge in [0.2, 0.25) is 0 Å². The van der Waals surface area contributed by atoms with Crippen LogP contribution in [0.4, 0.5) is 4.39 Å². The molecule has 0 bridgehead atoms.